The Balaban J connectivity index is 1.97. The number of hydrogen-bond acceptors (Lipinski definition) is 3. The molecule has 2 heterocycles. The number of imidazole rings is 1. The van der Waals surface area contributed by atoms with Crippen LogP contribution in [0.2, 0.25) is 0 Å². The van der Waals surface area contributed by atoms with E-state index in [-0.39, 0.29) is 12.1 Å². The van der Waals surface area contributed by atoms with Gasteiger partial charge in [-0.1, -0.05) is 15.9 Å². The van der Waals surface area contributed by atoms with Crippen molar-refractivity contribution in [3.63, 3.8) is 0 Å². The van der Waals surface area contributed by atoms with Crippen molar-refractivity contribution in [2.24, 2.45) is 12.8 Å². The van der Waals surface area contributed by atoms with Crippen LogP contribution in [-0.2, 0) is 7.05 Å². The van der Waals surface area contributed by atoms with Gasteiger partial charge in [0.25, 0.3) is 0 Å². The smallest absolute Gasteiger partial charge is 0.142 e. The van der Waals surface area contributed by atoms with Gasteiger partial charge in [-0.15, -0.1) is 0 Å². The summed E-state index contributed by atoms with van der Waals surface area (Å²) in [6, 6.07) is 5.95. The Morgan fingerprint density at radius 3 is 3.06 bits per heavy atom. The lowest BCUT2D eigenvalue weighted by Crippen LogP contribution is -2.25. The van der Waals surface area contributed by atoms with Gasteiger partial charge in [-0.25, -0.2) is 4.98 Å². The molecule has 1 aliphatic heterocycles. The topological polar surface area (TPSA) is 53.1 Å². The number of nitrogens with two attached hydrogens (primary N) is 1. The van der Waals surface area contributed by atoms with Gasteiger partial charge in [0, 0.05) is 29.5 Å². The number of benzene rings is 1. The van der Waals surface area contributed by atoms with E-state index in [1.165, 1.54) is 0 Å². The van der Waals surface area contributed by atoms with Crippen molar-refractivity contribution in [3.05, 3.63) is 46.5 Å². The lowest BCUT2D eigenvalue weighted by atomic mass is 9.96. The van der Waals surface area contributed by atoms with Gasteiger partial charge in [0.05, 0.1) is 18.2 Å². The Bertz CT molecular complexity index is 581. The van der Waals surface area contributed by atoms with E-state index in [4.69, 9.17) is 10.5 Å². The van der Waals surface area contributed by atoms with Gasteiger partial charge >= 0.3 is 0 Å². The molecule has 3 rings (SSSR count). The maximum atomic E-state index is 6.23. The molecule has 0 amide bonds. The van der Waals surface area contributed by atoms with Crippen molar-refractivity contribution in [1.82, 2.24) is 9.55 Å². The molecule has 18 heavy (non-hydrogen) atoms. The molecule has 0 bridgehead atoms. The van der Waals surface area contributed by atoms with E-state index in [1.54, 1.807) is 6.33 Å². The van der Waals surface area contributed by atoms with Gasteiger partial charge in [0.2, 0.25) is 0 Å². The normalized spacial score (nSPS) is 22.4. The first-order valence-electron chi connectivity index (χ1n) is 5.83. The third-order valence-electron chi connectivity index (χ3n) is 3.29. The molecule has 0 aliphatic carbocycles. The second-order valence-electron chi connectivity index (χ2n) is 4.56. The highest BCUT2D eigenvalue weighted by Gasteiger charge is 2.28. The summed E-state index contributed by atoms with van der Waals surface area (Å²) >= 11 is 3.46. The number of aryl methyl sites for hydroxylation is 1. The van der Waals surface area contributed by atoms with Crippen molar-refractivity contribution >= 4 is 15.9 Å². The molecule has 0 fully saturated rings. The van der Waals surface area contributed by atoms with Crippen molar-refractivity contribution < 1.29 is 4.74 Å². The Morgan fingerprint density at radius 2 is 2.33 bits per heavy atom. The minimum atomic E-state index is -0.0267. The number of nitrogens with zero attached hydrogens (tertiary/aromatic N) is 2. The fraction of sp³-hybridized carbons (Fsp3) is 0.308. The molecule has 2 unspecified atom stereocenters. The van der Waals surface area contributed by atoms with Gasteiger partial charge in [-0.3, -0.25) is 0 Å². The highest BCUT2D eigenvalue weighted by molar-refractivity contribution is 9.10. The molecule has 4 nitrogen and oxygen atoms in total. The minimum absolute atomic E-state index is 0.00819. The monoisotopic (exact) mass is 307 g/mol. The SMILES string of the molecule is Cn1cncc1C1CC(N)c2cc(Br)ccc2O1. The van der Waals surface area contributed by atoms with E-state index in [9.17, 15) is 0 Å². The Labute approximate surface area is 114 Å². The van der Waals surface area contributed by atoms with Crippen LogP contribution in [0.3, 0.4) is 0 Å². The van der Waals surface area contributed by atoms with Crippen LogP contribution >= 0.6 is 15.9 Å². The second kappa shape index (κ2) is 4.40. The number of halogens is 1. The third-order valence-corrected chi connectivity index (χ3v) is 3.79. The number of rotatable bonds is 1. The maximum absolute atomic E-state index is 6.23. The van der Waals surface area contributed by atoms with Crippen molar-refractivity contribution in [1.29, 1.82) is 0 Å². The van der Waals surface area contributed by atoms with Crippen LogP contribution in [0.25, 0.3) is 0 Å². The number of hydrogen-bond donors (Lipinski definition) is 1. The van der Waals surface area contributed by atoms with Crippen molar-refractivity contribution in [3.8, 4) is 5.75 Å². The summed E-state index contributed by atoms with van der Waals surface area (Å²) in [5, 5.41) is 0. The molecule has 0 spiro atoms. The van der Waals surface area contributed by atoms with E-state index in [0.717, 1.165) is 27.9 Å². The van der Waals surface area contributed by atoms with Crippen LogP contribution < -0.4 is 10.5 Å². The van der Waals surface area contributed by atoms with Crippen LogP contribution in [0.1, 0.15) is 29.8 Å². The zero-order chi connectivity index (χ0) is 12.7. The zero-order valence-corrected chi connectivity index (χ0v) is 11.6. The molecule has 1 aliphatic rings. The molecule has 5 heteroatoms. The summed E-state index contributed by atoms with van der Waals surface area (Å²) in [7, 11) is 1.97. The predicted octanol–water partition coefficient (Wildman–Crippen LogP) is 2.71. The predicted molar refractivity (Wildman–Crippen MR) is 72.3 cm³/mol. The fourth-order valence-electron chi connectivity index (χ4n) is 2.33. The minimum Gasteiger partial charge on any atom is -0.484 e. The fourth-order valence-corrected chi connectivity index (χ4v) is 2.71. The molecular formula is C13H14BrN3O. The van der Waals surface area contributed by atoms with E-state index >= 15 is 0 Å². The lowest BCUT2D eigenvalue weighted by Gasteiger charge is -2.30. The van der Waals surface area contributed by atoms with Crippen molar-refractivity contribution in [2.75, 3.05) is 0 Å². The van der Waals surface area contributed by atoms with Gasteiger partial charge in [0.15, 0.2) is 0 Å². The summed E-state index contributed by atoms with van der Waals surface area (Å²) in [5.74, 6) is 0.864. The number of fused-ring (bicyclic) bond motifs is 1. The Hall–Kier alpha value is -1.33. The summed E-state index contributed by atoms with van der Waals surface area (Å²) < 4.78 is 9.02. The van der Waals surface area contributed by atoms with Crippen LogP contribution in [0.4, 0.5) is 0 Å². The molecule has 1 aromatic heterocycles. The molecular weight excluding hydrogens is 294 g/mol. The largest absolute Gasteiger partial charge is 0.484 e. The Morgan fingerprint density at radius 1 is 1.50 bits per heavy atom. The quantitative estimate of drug-likeness (QED) is 0.881. The molecule has 2 aromatic rings. The van der Waals surface area contributed by atoms with Gasteiger partial charge in [0.1, 0.15) is 11.9 Å². The summed E-state index contributed by atoms with van der Waals surface area (Å²) in [6.45, 7) is 0. The lowest BCUT2D eigenvalue weighted by molar-refractivity contribution is 0.154. The van der Waals surface area contributed by atoms with E-state index < -0.39 is 0 Å². The molecule has 0 saturated heterocycles. The maximum Gasteiger partial charge on any atom is 0.142 e. The molecule has 0 radical (unpaired) electrons. The molecule has 1 aromatic carbocycles. The Kier molecular flexibility index (Phi) is 2.87. The average Bonchev–Trinajstić information content (AvgIpc) is 2.76. The van der Waals surface area contributed by atoms with E-state index in [1.807, 2.05) is 36.0 Å². The van der Waals surface area contributed by atoms with Crippen LogP contribution in [0.15, 0.2) is 35.2 Å². The highest BCUT2D eigenvalue weighted by Crippen LogP contribution is 2.40. The summed E-state index contributed by atoms with van der Waals surface area (Å²) in [4.78, 5) is 4.13. The van der Waals surface area contributed by atoms with Crippen molar-refractivity contribution in [2.45, 2.75) is 18.6 Å². The number of ether oxygens (including phenoxy) is 1. The van der Waals surface area contributed by atoms with Gasteiger partial charge in [-0.05, 0) is 18.2 Å². The molecule has 94 valence electrons. The standard InChI is InChI=1S/C13H14BrN3O/c1-17-7-16-6-11(17)13-5-10(15)9-4-8(14)2-3-12(9)18-13/h2-4,6-7,10,13H,5,15H2,1H3. The molecule has 2 atom stereocenters. The first kappa shape index (κ1) is 11.7. The van der Waals surface area contributed by atoms with Gasteiger partial charge < -0.3 is 15.0 Å². The molecule has 2 N–H and O–H groups in total. The van der Waals surface area contributed by atoms with Crippen LogP contribution in [-0.4, -0.2) is 9.55 Å². The van der Waals surface area contributed by atoms with Crippen LogP contribution in [0.5, 0.6) is 5.75 Å². The summed E-state index contributed by atoms with van der Waals surface area (Å²) in [5.41, 5.74) is 8.34. The van der Waals surface area contributed by atoms with E-state index in [0.29, 0.717) is 0 Å². The third kappa shape index (κ3) is 1.93. The second-order valence-corrected chi connectivity index (χ2v) is 5.48. The van der Waals surface area contributed by atoms with Crippen LogP contribution in [0, 0.1) is 0 Å². The summed E-state index contributed by atoms with van der Waals surface area (Å²) in [6.07, 6.45) is 4.35. The first-order chi connectivity index (χ1) is 8.65. The number of aromatic nitrogens is 2. The van der Waals surface area contributed by atoms with E-state index in [2.05, 4.69) is 20.9 Å². The average molecular weight is 308 g/mol. The highest BCUT2D eigenvalue weighted by atomic mass is 79.9. The molecule has 0 saturated carbocycles. The van der Waals surface area contributed by atoms with Gasteiger partial charge in [-0.2, -0.15) is 0 Å². The zero-order valence-electron chi connectivity index (χ0n) is 10.0. The first-order valence-corrected chi connectivity index (χ1v) is 6.62.